The fourth-order valence-corrected chi connectivity index (χ4v) is 1.49. The Labute approximate surface area is 118 Å². The number of nitrogens with two attached hydrogens (primary N) is 1. The minimum Gasteiger partial charge on any atom is -0.396 e. The molecular formula is C15H13N5. The van der Waals surface area contributed by atoms with Gasteiger partial charge in [-0.15, -0.1) is 0 Å². The Hall–Kier alpha value is -3.23. The van der Waals surface area contributed by atoms with Gasteiger partial charge in [-0.2, -0.15) is 15.8 Å². The van der Waals surface area contributed by atoms with Crippen molar-refractivity contribution < 1.29 is 0 Å². The third-order valence-corrected chi connectivity index (χ3v) is 2.62. The molecular weight excluding hydrogens is 250 g/mol. The highest BCUT2D eigenvalue weighted by Crippen LogP contribution is 2.17. The van der Waals surface area contributed by atoms with E-state index >= 15 is 0 Å². The van der Waals surface area contributed by atoms with Crippen molar-refractivity contribution >= 4 is 11.8 Å². The number of hydrogen-bond acceptors (Lipinski definition) is 5. The summed E-state index contributed by atoms with van der Waals surface area (Å²) in [4.78, 5) is 1.95. The molecule has 5 nitrogen and oxygen atoms in total. The van der Waals surface area contributed by atoms with Crippen molar-refractivity contribution in [3.63, 3.8) is 0 Å². The van der Waals surface area contributed by atoms with Crippen LogP contribution in [0.5, 0.6) is 0 Å². The van der Waals surface area contributed by atoms with E-state index in [0.29, 0.717) is 0 Å². The Morgan fingerprint density at radius 3 is 2.00 bits per heavy atom. The normalized spacial score (nSPS) is 9.85. The first-order chi connectivity index (χ1) is 9.53. The van der Waals surface area contributed by atoms with Gasteiger partial charge in [0.2, 0.25) is 0 Å². The van der Waals surface area contributed by atoms with Gasteiger partial charge in [0.05, 0.1) is 11.3 Å². The van der Waals surface area contributed by atoms with Crippen molar-refractivity contribution in [2.24, 2.45) is 5.73 Å². The molecule has 0 saturated carbocycles. The average molecular weight is 263 g/mol. The maximum atomic E-state index is 9.08. The minimum atomic E-state index is -0.261. The molecule has 0 aliphatic heterocycles. The molecule has 2 N–H and O–H groups in total. The lowest BCUT2D eigenvalue weighted by molar-refractivity contribution is 1.13. The van der Waals surface area contributed by atoms with Crippen LogP contribution in [0.3, 0.4) is 0 Å². The third-order valence-electron chi connectivity index (χ3n) is 2.62. The van der Waals surface area contributed by atoms with Crippen LogP contribution >= 0.6 is 0 Å². The Bertz CT molecular complexity index is 657. The van der Waals surface area contributed by atoms with Gasteiger partial charge in [-0.3, -0.25) is 0 Å². The summed E-state index contributed by atoms with van der Waals surface area (Å²) in [6, 6.07) is 12.7. The predicted molar refractivity (Wildman–Crippen MR) is 76.8 cm³/mol. The van der Waals surface area contributed by atoms with Gasteiger partial charge in [-0.05, 0) is 23.8 Å². The van der Waals surface area contributed by atoms with E-state index in [2.05, 4.69) is 0 Å². The molecule has 0 aliphatic rings. The Balaban J connectivity index is 3.21. The zero-order chi connectivity index (χ0) is 15.1. The molecule has 0 aliphatic carbocycles. The van der Waals surface area contributed by atoms with Crippen LogP contribution in [-0.2, 0) is 0 Å². The number of rotatable bonds is 3. The maximum absolute atomic E-state index is 9.08. The molecule has 0 heterocycles. The van der Waals surface area contributed by atoms with E-state index in [1.54, 1.807) is 18.2 Å². The zero-order valence-corrected chi connectivity index (χ0v) is 11.3. The van der Waals surface area contributed by atoms with Gasteiger partial charge in [0.25, 0.3) is 0 Å². The van der Waals surface area contributed by atoms with E-state index in [0.717, 1.165) is 11.3 Å². The molecule has 20 heavy (non-hydrogen) atoms. The van der Waals surface area contributed by atoms with Crippen LogP contribution in [0.15, 0.2) is 41.1 Å². The van der Waals surface area contributed by atoms with E-state index in [9.17, 15) is 0 Å². The number of allylic oxidation sites excluding steroid dienone is 2. The lowest BCUT2D eigenvalue weighted by atomic mass is 10.1. The molecule has 0 saturated heterocycles. The summed E-state index contributed by atoms with van der Waals surface area (Å²) in [5, 5.41) is 26.6. The molecule has 1 aromatic carbocycles. The van der Waals surface area contributed by atoms with Gasteiger partial charge < -0.3 is 10.6 Å². The molecule has 0 unspecified atom stereocenters. The van der Waals surface area contributed by atoms with Gasteiger partial charge in [-0.1, -0.05) is 12.1 Å². The summed E-state index contributed by atoms with van der Waals surface area (Å²) < 4.78 is 0. The topological polar surface area (TPSA) is 101 Å². The Kier molecular flexibility index (Phi) is 4.92. The molecule has 0 radical (unpaired) electrons. The summed E-state index contributed by atoms with van der Waals surface area (Å²) in [5.74, 6) is 0. The second-order valence-corrected chi connectivity index (χ2v) is 4.17. The van der Waals surface area contributed by atoms with E-state index in [1.807, 2.05) is 49.3 Å². The molecule has 98 valence electrons. The van der Waals surface area contributed by atoms with Crippen molar-refractivity contribution in [2.75, 3.05) is 19.0 Å². The third kappa shape index (κ3) is 3.38. The molecule has 0 bridgehead atoms. The maximum Gasteiger partial charge on any atom is 0.153 e. The lowest BCUT2D eigenvalue weighted by Gasteiger charge is -2.11. The summed E-state index contributed by atoms with van der Waals surface area (Å²) in [7, 11) is 3.86. The molecule has 0 amide bonds. The monoisotopic (exact) mass is 263 g/mol. The molecule has 0 atom stereocenters. The summed E-state index contributed by atoms with van der Waals surface area (Å²) in [6.45, 7) is 0. The summed E-state index contributed by atoms with van der Waals surface area (Å²) in [6.07, 6.45) is 1.55. The van der Waals surface area contributed by atoms with Crippen LogP contribution in [0.4, 0.5) is 5.69 Å². The molecule has 0 aromatic heterocycles. The van der Waals surface area contributed by atoms with Crippen LogP contribution in [0, 0.1) is 34.0 Å². The largest absolute Gasteiger partial charge is 0.396 e. The first-order valence-corrected chi connectivity index (χ1v) is 5.73. The highest BCUT2D eigenvalue weighted by molar-refractivity contribution is 5.67. The van der Waals surface area contributed by atoms with Crippen molar-refractivity contribution in [1.82, 2.24) is 0 Å². The number of nitrogens with zero attached hydrogens (tertiary/aromatic N) is 4. The first-order valence-electron chi connectivity index (χ1n) is 5.73. The van der Waals surface area contributed by atoms with Crippen molar-refractivity contribution in [1.29, 1.82) is 15.8 Å². The molecule has 1 aromatic rings. The number of hydrogen-bond donors (Lipinski definition) is 1. The number of anilines is 1. The zero-order valence-electron chi connectivity index (χ0n) is 11.3. The van der Waals surface area contributed by atoms with Crippen LogP contribution in [0.2, 0.25) is 0 Å². The quantitative estimate of drug-likeness (QED) is 0.663. The fourth-order valence-electron chi connectivity index (χ4n) is 1.49. The van der Waals surface area contributed by atoms with E-state index in [-0.39, 0.29) is 16.8 Å². The second-order valence-electron chi connectivity index (χ2n) is 4.17. The van der Waals surface area contributed by atoms with Crippen molar-refractivity contribution in [3.05, 3.63) is 46.7 Å². The van der Waals surface area contributed by atoms with Crippen LogP contribution < -0.4 is 10.6 Å². The average Bonchev–Trinajstić information content (AvgIpc) is 2.46. The van der Waals surface area contributed by atoms with E-state index in [4.69, 9.17) is 21.5 Å². The summed E-state index contributed by atoms with van der Waals surface area (Å²) >= 11 is 0. The van der Waals surface area contributed by atoms with Crippen LogP contribution in [-0.4, -0.2) is 14.1 Å². The second kappa shape index (κ2) is 6.64. The van der Waals surface area contributed by atoms with Crippen molar-refractivity contribution in [3.8, 4) is 18.2 Å². The minimum absolute atomic E-state index is 0.0979. The van der Waals surface area contributed by atoms with Gasteiger partial charge in [0.1, 0.15) is 18.2 Å². The summed E-state index contributed by atoms with van der Waals surface area (Å²) in [5.41, 5.74) is 7.18. The fraction of sp³-hybridized carbons (Fsp3) is 0.133. The van der Waals surface area contributed by atoms with Crippen LogP contribution in [0.1, 0.15) is 5.56 Å². The molecule has 0 fully saturated rings. The smallest absolute Gasteiger partial charge is 0.153 e. The molecule has 1 rings (SSSR count). The lowest BCUT2D eigenvalue weighted by Crippen LogP contribution is -2.08. The standard InChI is InChI=1S/C15H13N5/c1-20(2)14-5-3-11(4-6-14)7-12(8-16)15(19)13(9-17)10-18/h3-7H,19H2,1-2H3/b12-7+. The van der Waals surface area contributed by atoms with Crippen LogP contribution in [0.25, 0.3) is 6.08 Å². The molecule has 5 heteroatoms. The molecule has 0 spiro atoms. The van der Waals surface area contributed by atoms with E-state index < -0.39 is 0 Å². The SMILES string of the molecule is CN(C)c1ccc(/C=C(\C#N)C(N)=C(C#N)C#N)cc1. The first kappa shape index (κ1) is 14.8. The highest BCUT2D eigenvalue weighted by atomic mass is 15.1. The number of nitriles is 3. The number of benzene rings is 1. The van der Waals surface area contributed by atoms with Gasteiger partial charge in [0.15, 0.2) is 5.57 Å². The predicted octanol–water partition coefficient (Wildman–Crippen LogP) is 1.92. The van der Waals surface area contributed by atoms with E-state index in [1.165, 1.54) is 0 Å². The van der Waals surface area contributed by atoms with Crippen molar-refractivity contribution in [2.45, 2.75) is 0 Å². The Morgan fingerprint density at radius 2 is 1.60 bits per heavy atom. The Morgan fingerprint density at radius 1 is 1.05 bits per heavy atom. The highest BCUT2D eigenvalue weighted by Gasteiger charge is 2.07. The van der Waals surface area contributed by atoms with Gasteiger partial charge >= 0.3 is 0 Å². The van der Waals surface area contributed by atoms with Gasteiger partial charge in [0, 0.05) is 19.8 Å². The van der Waals surface area contributed by atoms with Gasteiger partial charge in [-0.25, -0.2) is 0 Å².